The molecular weight excluding hydrogens is 372 g/mol. The highest BCUT2D eigenvalue weighted by Gasteiger charge is 2.34. The van der Waals surface area contributed by atoms with Crippen molar-refractivity contribution in [1.82, 2.24) is 20.2 Å². The number of allylic oxidation sites excluding steroid dienone is 1. The van der Waals surface area contributed by atoms with Gasteiger partial charge in [-0.3, -0.25) is 4.79 Å². The summed E-state index contributed by atoms with van der Waals surface area (Å²) < 4.78 is 7.15. The second-order valence-corrected chi connectivity index (χ2v) is 6.49. The van der Waals surface area contributed by atoms with E-state index in [1.165, 1.54) is 0 Å². The number of tetrazole rings is 1. The summed E-state index contributed by atoms with van der Waals surface area (Å²) in [6.45, 7) is 4.17. The zero-order valence-electron chi connectivity index (χ0n) is 16.0. The van der Waals surface area contributed by atoms with Crippen molar-refractivity contribution in [2.75, 3.05) is 17.2 Å². The number of rotatable bonds is 5. The monoisotopic (exact) mass is 392 g/mol. The Morgan fingerprint density at radius 2 is 2.00 bits per heavy atom. The summed E-state index contributed by atoms with van der Waals surface area (Å²) in [5.74, 6) is 0.861. The molecule has 1 aromatic heterocycles. The molecule has 4 rings (SSSR count). The molecule has 0 saturated heterocycles. The predicted molar refractivity (Wildman–Crippen MR) is 107 cm³/mol. The third-order valence-electron chi connectivity index (χ3n) is 4.60. The molecule has 0 saturated carbocycles. The van der Waals surface area contributed by atoms with Gasteiger partial charge in [0.15, 0.2) is 0 Å². The number of aromatic hydroxyl groups is 1. The third-order valence-corrected chi connectivity index (χ3v) is 4.60. The van der Waals surface area contributed by atoms with Crippen molar-refractivity contribution in [2.24, 2.45) is 0 Å². The van der Waals surface area contributed by atoms with Crippen molar-refractivity contribution < 1.29 is 14.6 Å². The fraction of sp³-hybridized carbons (Fsp3) is 0.200. The van der Waals surface area contributed by atoms with Crippen LogP contribution in [-0.4, -0.2) is 37.8 Å². The lowest BCUT2D eigenvalue weighted by Gasteiger charge is -2.28. The van der Waals surface area contributed by atoms with Gasteiger partial charge < -0.3 is 20.5 Å². The molecule has 1 aliphatic rings. The minimum absolute atomic E-state index is 0.136. The van der Waals surface area contributed by atoms with E-state index >= 15 is 0 Å². The number of nitrogens with zero attached hydrogens (tertiary/aromatic N) is 4. The number of fused-ring (bicyclic) bond motifs is 1. The summed E-state index contributed by atoms with van der Waals surface area (Å²) in [6, 6.07) is 13.3. The Bertz CT molecular complexity index is 1070. The van der Waals surface area contributed by atoms with Crippen molar-refractivity contribution >= 4 is 17.5 Å². The second kappa shape index (κ2) is 7.63. The number of aromatic nitrogens is 4. The van der Waals surface area contributed by atoms with Crippen LogP contribution in [0.4, 0.5) is 11.6 Å². The highest BCUT2D eigenvalue weighted by molar-refractivity contribution is 6.06. The number of hydrogen-bond donors (Lipinski definition) is 3. The summed E-state index contributed by atoms with van der Waals surface area (Å²) in [4.78, 5) is 13.3. The average molecular weight is 392 g/mol. The number of anilines is 2. The largest absolute Gasteiger partial charge is 0.508 e. The maximum absolute atomic E-state index is 13.3. The fourth-order valence-corrected chi connectivity index (χ4v) is 3.31. The SMILES string of the molecule is CCOc1ccccc1NC(=O)C1=C(C)Nc2nnnn2C1c1ccc(O)cc1. The van der Waals surface area contributed by atoms with E-state index in [-0.39, 0.29) is 11.7 Å². The second-order valence-electron chi connectivity index (χ2n) is 6.49. The van der Waals surface area contributed by atoms with Gasteiger partial charge in [0.1, 0.15) is 17.5 Å². The maximum atomic E-state index is 13.3. The van der Waals surface area contributed by atoms with E-state index in [2.05, 4.69) is 26.2 Å². The molecule has 0 spiro atoms. The van der Waals surface area contributed by atoms with E-state index in [9.17, 15) is 9.90 Å². The number of amides is 1. The summed E-state index contributed by atoms with van der Waals surface area (Å²) in [5, 5.41) is 27.4. The molecule has 1 amide bonds. The van der Waals surface area contributed by atoms with E-state index in [1.807, 2.05) is 19.1 Å². The number of phenols is 1. The highest BCUT2D eigenvalue weighted by atomic mass is 16.5. The zero-order valence-corrected chi connectivity index (χ0v) is 16.0. The highest BCUT2D eigenvalue weighted by Crippen LogP contribution is 2.36. The first-order valence-corrected chi connectivity index (χ1v) is 9.16. The quantitative estimate of drug-likeness (QED) is 0.612. The molecule has 1 unspecified atom stereocenters. The Hall–Kier alpha value is -3.88. The third kappa shape index (κ3) is 3.49. The first-order valence-electron chi connectivity index (χ1n) is 9.16. The minimum Gasteiger partial charge on any atom is -0.508 e. The van der Waals surface area contributed by atoms with Crippen molar-refractivity contribution in [3.63, 3.8) is 0 Å². The minimum atomic E-state index is -0.555. The van der Waals surface area contributed by atoms with Crippen molar-refractivity contribution in [2.45, 2.75) is 19.9 Å². The van der Waals surface area contributed by atoms with E-state index in [1.54, 1.807) is 48.0 Å². The molecule has 3 N–H and O–H groups in total. The lowest BCUT2D eigenvalue weighted by Crippen LogP contribution is -2.31. The van der Waals surface area contributed by atoms with E-state index < -0.39 is 6.04 Å². The molecule has 2 aromatic carbocycles. The van der Waals surface area contributed by atoms with Crippen LogP contribution in [0.2, 0.25) is 0 Å². The first kappa shape index (κ1) is 18.5. The number of nitrogens with one attached hydrogen (secondary N) is 2. The topological polar surface area (TPSA) is 114 Å². The van der Waals surface area contributed by atoms with E-state index in [0.29, 0.717) is 35.3 Å². The van der Waals surface area contributed by atoms with Crippen LogP contribution in [0.3, 0.4) is 0 Å². The molecule has 9 nitrogen and oxygen atoms in total. The smallest absolute Gasteiger partial charge is 0.255 e. The Morgan fingerprint density at radius 3 is 2.76 bits per heavy atom. The fourth-order valence-electron chi connectivity index (χ4n) is 3.31. The molecule has 9 heteroatoms. The maximum Gasteiger partial charge on any atom is 0.255 e. The lowest BCUT2D eigenvalue weighted by atomic mass is 9.95. The number of carbonyl (C=O) groups excluding carboxylic acids is 1. The molecule has 0 fully saturated rings. The summed E-state index contributed by atoms with van der Waals surface area (Å²) in [7, 11) is 0. The predicted octanol–water partition coefficient (Wildman–Crippen LogP) is 2.71. The van der Waals surface area contributed by atoms with Gasteiger partial charge >= 0.3 is 0 Å². The molecular formula is C20H20N6O3. The Morgan fingerprint density at radius 1 is 1.24 bits per heavy atom. The van der Waals surface area contributed by atoms with Gasteiger partial charge in [-0.25, -0.2) is 0 Å². The number of ether oxygens (including phenoxy) is 1. The van der Waals surface area contributed by atoms with E-state index in [0.717, 1.165) is 5.56 Å². The molecule has 1 aliphatic heterocycles. The Labute approximate surface area is 167 Å². The van der Waals surface area contributed by atoms with Gasteiger partial charge in [0.05, 0.1) is 17.9 Å². The van der Waals surface area contributed by atoms with Crippen molar-refractivity contribution in [1.29, 1.82) is 0 Å². The van der Waals surface area contributed by atoms with Crippen LogP contribution in [0.25, 0.3) is 0 Å². The number of hydrogen-bond acceptors (Lipinski definition) is 7. The molecule has 0 bridgehead atoms. The Balaban J connectivity index is 1.74. The van der Waals surface area contributed by atoms with Crippen molar-refractivity contribution in [3.05, 3.63) is 65.4 Å². The molecule has 0 radical (unpaired) electrons. The van der Waals surface area contributed by atoms with Gasteiger partial charge in [-0.1, -0.05) is 29.4 Å². The summed E-state index contributed by atoms with van der Waals surface area (Å²) >= 11 is 0. The van der Waals surface area contributed by atoms with Crippen molar-refractivity contribution in [3.8, 4) is 11.5 Å². The summed E-state index contributed by atoms with van der Waals surface area (Å²) in [6.07, 6.45) is 0. The van der Waals surface area contributed by atoms with Crippen LogP contribution >= 0.6 is 0 Å². The van der Waals surface area contributed by atoms with Gasteiger partial charge in [0.2, 0.25) is 5.95 Å². The van der Waals surface area contributed by atoms with Gasteiger partial charge in [0.25, 0.3) is 5.91 Å². The average Bonchev–Trinajstić information content (AvgIpc) is 3.17. The normalized spacial score (nSPS) is 15.4. The van der Waals surface area contributed by atoms with Crippen LogP contribution < -0.4 is 15.4 Å². The zero-order chi connectivity index (χ0) is 20.4. The van der Waals surface area contributed by atoms with Crippen LogP contribution in [0.15, 0.2) is 59.8 Å². The lowest BCUT2D eigenvalue weighted by molar-refractivity contribution is -0.113. The molecule has 1 atom stereocenters. The standard InChI is InChI=1S/C20H20N6O3/c1-3-29-16-7-5-4-6-15(16)22-19(28)17-12(2)21-20-23-24-25-26(20)18(17)13-8-10-14(27)11-9-13/h4-11,18,27H,3H2,1-2H3,(H,22,28)(H,21,23,25). The van der Waals surface area contributed by atoms with Crippen LogP contribution in [0.5, 0.6) is 11.5 Å². The molecule has 3 aromatic rings. The van der Waals surface area contributed by atoms with Crippen LogP contribution in [0.1, 0.15) is 25.5 Å². The van der Waals surface area contributed by atoms with E-state index in [4.69, 9.17) is 4.74 Å². The van der Waals surface area contributed by atoms with Crippen LogP contribution in [-0.2, 0) is 4.79 Å². The van der Waals surface area contributed by atoms with Gasteiger partial charge in [0, 0.05) is 5.70 Å². The van der Waals surface area contributed by atoms with Crippen LogP contribution in [0, 0.1) is 0 Å². The molecule has 2 heterocycles. The van der Waals surface area contributed by atoms with Gasteiger partial charge in [-0.2, -0.15) is 4.68 Å². The summed E-state index contributed by atoms with van der Waals surface area (Å²) in [5.41, 5.74) is 2.44. The Kier molecular flexibility index (Phi) is 4.86. The molecule has 148 valence electrons. The first-order chi connectivity index (χ1) is 14.1. The number of para-hydroxylation sites is 2. The number of benzene rings is 2. The van der Waals surface area contributed by atoms with Gasteiger partial charge in [-0.05, 0) is 54.1 Å². The number of phenolic OH excluding ortho intramolecular Hbond substituents is 1. The number of carbonyl (C=O) groups is 1. The molecule has 29 heavy (non-hydrogen) atoms. The van der Waals surface area contributed by atoms with Gasteiger partial charge in [-0.15, -0.1) is 0 Å². The molecule has 0 aliphatic carbocycles.